The summed E-state index contributed by atoms with van der Waals surface area (Å²) in [6.07, 6.45) is 5.30. The molecule has 0 radical (unpaired) electrons. The van der Waals surface area contributed by atoms with Crippen LogP contribution in [0.1, 0.15) is 29.6 Å². The van der Waals surface area contributed by atoms with Gasteiger partial charge in [-0.05, 0) is 26.0 Å². The average Bonchev–Trinajstić information content (AvgIpc) is 3.58. The fraction of sp³-hybridized carbons (Fsp3) is 0.286. The Balaban J connectivity index is 1.43. The maximum Gasteiger partial charge on any atom is 0.381 e. The Labute approximate surface area is 202 Å². The number of amides is 1. The molecule has 2 N–H and O–H groups in total. The van der Waals surface area contributed by atoms with Gasteiger partial charge >= 0.3 is 5.63 Å². The van der Waals surface area contributed by atoms with Gasteiger partial charge < -0.3 is 19.2 Å². The highest BCUT2D eigenvalue weighted by Gasteiger charge is 2.34. The van der Waals surface area contributed by atoms with Crippen molar-refractivity contribution in [2.75, 3.05) is 23.8 Å². The summed E-state index contributed by atoms with van der Waals surface area (Å²) in [5.41, 5.74) is -0.522. The number of carbonyl (C=O) groups excluding carboxylic acids is 1. The number of aryl methyl sites for hydroxylation is 1. The maximum absolute atomic E-state index is 12.9. The van der Waals surface area contributed by atoms with Crippen LogP contribution < -0.4 is 21.0 Å². The van der Waals surface area contributed by atoms with Crippen molar-refractivity contribution in [1.82, 2.24) is 29.9 Å². The van der Waals surface area contributed by atoms with Gasteiger partial charge in [0.05, 0.1) is 18.9 Å². The lowest BCUT2D eigenvalue weighted by atomic mass is 10.1. The summed E-state index contributed by atoms with van der Waals surface area (Å²) in [4.78, 5) is 34.0. The van der Waals surface area contributed by atoms with Crippen LogP contribution in [0.5, 0.6) is 5.75 Å². The summed E-state index contributed by atoms with van der Waals surface area (Å²) in [7, 11) is 0. The van der Waals surface area contributed by atoms with Crippen molar-refractivity contribution in [3.63, 3.8) is 0 Å². The standard InChI is InChI=1S/C21H20N8O5S/c1-12-4-8-24-29(12)20-28-27-19(35-20)26-16(30)14-10-13(25-18-22-6-3-7-23-18)15(17(31)33-14)34-21(2)5-9-32-11-21/h3-4,6-8,10H,5,9,11H2,1-2H3,(H,22,23,25)(H,26,27,30)/t21-/m1/s1. The minimum atomic E-state index is -0.839. The number of anilines is 3. The zero-order valence-electron chi connectivity index (χ0n) is 18.7. The molecule has 0 aromatic carbocycles. The van der Waals surface area contributed by atoms with Crippen molar-refractivity contribution >= 4 is 34.0 Å². The van der Waals surface area contributed by atoms with Crippen LogP contribution in [0, 0.1) is 6.92 Å². The predicted molar refractivity (Wildman–Crippen MR) is 124 cm³/mol. The summed E-state index contributed by atoms with van der Waals surface area (Å²) < 4.78 is 18.3. The molecule has 1 aliphatic rings. The second-order valence-electron chi connectivity index (χ2n) is 7.92. The van der Waals surface area contributed by atoms with Crippen LogP contribution >= 0.6 is 11.3 Å². The average molecular weight is 497 g/mol. The summed E-state index contributed by atoms with van der Waals surface area (Å²) >= 11 is 1.12. The number of ether oxygens (including phenoxy) is 2. The molecular formula is C21H20N8O5S. The first-order chi connectivity index (χ1) is 16.9. The summed E-state index contributed by atoms with van der Waals surface area (Å²) in [5, 5.41) is 18.4. The van der Waals surface area contributed by atoms with Gasteiger partial charge in [-0.3, -0.25) is 10.1 Å². The van der Waals surface area contributed by atoms with E-state index >= 15 is 0 Å². The molecule has 1 saturated heterocycles. The first-order valence-electron chi connectivity index (χ1n) is 10.5. The second kappa shape index (κ2) is 9.23. The van der Waals surface area contributed by atoms with Gasteiger partial charge in [0.15, 0.2) is 5.76 Å². The summed E-state index contributed by atoms with van der Waals surface area (Å²) in [6.45, 7) is 4.52. The summed E-state index contributed by atoms with van der Waals surface area (Å²) in [5.74, 6) is -0.846. The van der Waals surface area contributed by atoms with Crippen LogP contribution in [-0.4, -0.2) is 54.7 Å². The van der Waals surface area contributed by atoms with E-state index in [2.05, 4.69) is 35.9 Å². The third kappa shape index (κ3) is 4.88. The van der Waals surface area contributed by atoms with Gasteiger partial charge in [0.25, 0.3) is 5.91 Å². The Morgan fingerprint density at radius 2 is 2.09 bits per heavy atom. The molecule has 1 atom stereocenters. The van der Waals surface area contributed by atoms with Crippen LogP contribution in [0.4, 0.5) is 16.8 Å². The first kappa shape index (κ1) is 22.6. The van der Waals surface area contributed by atoms with Crippen molar-refractivity contribution in [1.29, 1.82) is 0 Å². The van der Waals surface area contributed by atoms with E-state index in [0.29, 0.717) is 24.8 Å². The van der Waals surface area contributed by atoms with Crippen LogP contribution in [-0.2, 0) is 4.74 Å². The highest BCUT2D eigenvalue weighted by molar-refractivity contribution is 7.17. The number of hydrogen-bond donors (Lipinski definition) is 2. The van der Waals surface area contributed by atoms with Gasteiger partial charge in [-0.2, -0.15) is 5.10 Å². The molecule has 0 unspecified atom stereocenters. The Bertz CT molecular complexity index is 1410. The molecule has 4 aromatic heterocycles. The Morgan fingerprint density at radius 3 is 2.80 bits per heavy atom. The molecule has 0 aliphatic carbocycles. The molecule has 1 aliphatic heterocycles. The third-order valence-corrected chi connectivity index (χ3v) is 5.94. The van der Waals surface area contributed by atoms with Gasteiger partial charge in [0.1, 0.15) is 5.60 Å². The molecule has 1 fully saturated rings. The van der Waals surface area contributed by atoms with Crippen molar-refractivity contribution in [3.05, 3.63) is 58.7 Å². The van der Waals surface area contributed by atoms with Gasteiger partial charge in [-0.15, -0.1) is 10.2 Å². The fourth-order valence-electron chi connectivity index (χ4n) is 3.32. The van der Waals surface area contributed by atoms with Gasteiger partial charge in [0.2, 0.25) is 22.0 Å². The smallest absolute Gasteiger partial charge is 0.381 e. The van der Waals surface area contributed by atoms with Gasteiger partial charge in [0, 0.05) is 36.8 Å². The zero-order chi connectivity index (χ0) is 24.4. The van der Waals surface area contributed by atoms with E-state index in [0.717, 1.165) is 17.0 Å². The number of carbonyl (C=O) groups is 1. The van der Waals surface area contributed by atoms with E-state index in [1.807, 2.05) is 19.9 Å². The van der Waals surface area contributed by atoms with E-state index in [4.69, 9.17) is 13.9 Å². The lowest BCUT2D eigenvalue weighted by molar-refractivity contribution is 0.0631. The van der Waals surface area contributed by atoms with Crippen LogP contribution in [0.2, 0.25) is 0 Å². The van der Waals surface area contributed by atoms with Crippen molar-refractivity contribution in [3.8, 4) is 10.9 Å². The molecule has 0 saturated carbocycles. The van der Waals surface area contributed by atoms with Gasteiger partial charge in [-0.1, -0.05) is 11.3 Å². The molecule has 180 valence electrons. The lowest BCUT2D eigenvalue weighted by Gasteiger charge is -2.24. The second-order valence-corrected chi connectivity index (χ2v) is 8.88. The number of nitrogens with one attached hydrogen (secondary N) is 2. The largest absolute Gasteiger partial charge is 0.476 e. The minimum absolute atomic E-state index is 0.102. The highest BCUT2D eigenvalue weighted by Crippen LogP contribution is 2.31. The number of hydrogen-bond acceptors (Lipinski definition) is 12. The molecule has 0 bridgehead atoms. The Kier molecular flexibility index (Phi) is 5.96. The summed E-state index contributed by atoms with van der Waals surface area (Å²) in [6, 6.07) is 4.82. The molecule has 13 nitrogen and oxygen atoms in total. The van der Waals surface area contributed by atoms with Crippen LogP contribution in [0.3, 0.4) is 0 Å². The van der Waals surface area contributed by atoms with E-state index < -0.39 is 17.1 Å². The van der Waals surface area contributed by atoms with Crippen molar-refractivity contribution in [2.24, 2.45) is 0 Å². The van der Waals surface area contributed by atoms with Crippen LogP contribution in [0.25, 0.3) is 5.13 Å². The molecule has 5 rings (SSSR count). The molecule has 0 spiro atoms. The maximum atomic E-state index is 12.9. The fourth-order valence-corrected chi connectivity index (χ4v) is 4.08. The number of nitrogens with zero attached hydrogens (tertiary/aromatic N) is 6. The minimum Gasteiger partial charge on any atom is -0.476 e. The molecule has 5 heterocycles. The molecule has 1 amide bonds. The number of aromatic nitrogens is 6. The highest BCUT2D eigenvalue weighted by atomic mass is 32.1. The third-order valence-electron chi connectivity index (χ3n) is 5.12. The molecule has 35 heavy (non-hydrogen) atoms. The molecule has 4 aromatic rings. The van der Waals surface area contributed by atoms with Crippen molar-refractivity contribution < 1.29 is 18.7 Å². The van der Waals surface area contributed by atoms with Crippen molar-refractivity contribution in [2.45, 2.75) is 25.9 Å². The normalized spacial score (nSPS) is 17.3. The topological polar surface area (TPSA) is 159 Å². The molecule has 14 heteroatoms. The SMILES string of the molecule is Cc1ccnn1-c1nnc(NC(=O)c2cc(Nc3ncccn3)c(O[C@]3(C)CCOC3)c(=O)o2)s1. The van der Waals surface area contributed by atoms with Crippen LogP contribution in [0.15, 0.2) is 46.0 Å². The van der Waals surface area contributed by atoms with Gasteiger partial charge in [-0.25, -0.2) is 19.4 Å². The monoisotopic (exact) mass is 496 g/mol. The Hall–Kier alpha value is -4.17. The first-order valence-corrected chi connectivity index (χ1v) is 11.4. The van der Waals surface area contributed by atoms with E-state index in [1.165, 1.54) is 18.5 Å². The lowest BCUT2D eigenvalue weighted by Crippen LogP contribution is -2.34. The zero-order valence-corrected chi connectivity index (χ0v) is 19.5. The predicted octanol–water partition coefficient (Wildman–Crippen LogP) is 2.33. The number of rotatable bonds is 7. The van der Waals surface area contributed by atoms with E-state index in [9.17, 15) is 9.59 Å². The quantitative estimate of drug-likeness (QED) is 0.386. The molecular weight excluding hydrogens is 476 g/mol. The van der Waals surface area contributed by atoms with E-state index in [-0.39, 0.29) is 28.3 Å². The Morgan fingerprint density at radius 1 is 1.26 bits per heavy atom. The van der Waals surface area contributed by atoms with E-state index in [1.54, 1.807) is 16.9 Å².